The van der Waals surface area contributed by atoms with E-state index in [4.69, 9.17) is 9.26 Å². The van der Waals surface area contributed by atoms with Crippen molar-refractivity contribution in [3.05, 3.63) is 11.7 Å². The van der Waals surface area contributed by atoms with Crippen molar-refractivity contribution in [3.8, 4) is 0 Å². The molecular weight excluding hydrogens is 280 g/mol. The number of aromatic nitrogens is 2. The summed E-state index contributed by atoms with van der Waals surface area (Å²) in [5.74, 6) is 1.66. The summed E-state index contributed by atoms with van der Waals surface area (Å²) in [6.45, 7) is 6.91. The lowest BCUT2D eigenvalue weighted by Gasteiger charge is -2.17. The molecule has 0 fully saturated rings. The number of nitrogens with one attached hydrogen (secondary N) is 1. The Morgan fingerprint density at radius 3 is 2.71 bits per heavy atom. The zero-order valence-electron chi connectivity index (χ0n) is 12.9. The third-order valence-corrected chi connectivity index (χ3v) is 2.89. The Kier molecular flexibility index (Phi) is 8.37. The molecule has 0 saturated carbocycles. The van der Waals surface area contributed by atoms with Crippen molar-refractivity contribution < 1.29 is 18.0 Å². The Labute approximate surface area is 124 Å². The lowest BCUT2D eigenvalue weighted by Crippen LogP contribution is -2.32. The first-order chi connectivity index (χ1) is 10.0. The molecule has 1 N–H and O–H groups in total. The number of nitrogens with zero attached hydrogens (tertiary/aromatic N) is 2. The van der Waals surface area contributed by atoms with Gasteiger partial charge in [-0.05, 0) is 18.9 Å². The van der Waals surface area contributed by atoms with Crippen LogP contribution in [0.2, 0.25) is 0 Å². The molecule has 0 spiro atoms. The third-order valence-electron chi connectivity index (χ3n) is 2.89. The van der Waals surface area contributed by atoms with E-state index in [-0.39, 0.29) is 6.61 Å². The first kappa shape index (κ1) is 18.0. The Bertz CT molecular complexity index is 386. The minimum Gasteiger partial charge on any atom is -0.375 e. The third kappa shape index (κ3) is 8.06. The standard InChI is InChI=1S/C14H25F2N3O2/c1-4-17-11(7-10(2)3)8-14-18-13(19-21-14)5-6-20-9-12(15)16/h10-12,17H,4-9H2,1-3H3. The van der Waals surface area contributed by atoms with Gasteiger partial charge < -0.3 is 14.6 Å². The minimum atomic E-state index is -2.44. The molecule has 0 amide bonds. The Morgan fingerprint density at radius 1 is 1.33 bits per heavy atom. The second-order valence-corrected chi connectivity index (χ2v) is 5.41. The zero-order valence-corrected chi connectivity index (χ0v) is 12.9. The van der Waals surface area contributed by atoms with E-state index in [2.05, 4.69) is 36.2 Å². The predicted molar refractivity (Wildman–Crippen MR) is 75.4 cm³/mol. The van der Waals surface area contributed by atoms with Crippen LogP contribution in [-0.4, -0.2) is 42.4 Å². The lowest BCUT2D eigenvalue weighted by atomic mass is 10.0. The van der Waals surface area contributed by atoms with Crippen LogP contribution >= 0.6 is 0 Å². The average Bonchev–Trinajstić information content (AvgIpc) is 2.81. The van der Waals surface area contributed by atoms with Crippen LogP contribution in [0.4, 0.5) is 8.78 Å². The van der Waals surface area contributed by atoms with E-state index in [1.54, 1.807) is 0 Å². The van der Waals surface area contributed by atoms with Gasteiger partial charge in [-0.2, -0.15) is 4.98 Å². The molecule has 0 bridgehead atoms. The molecule has 0 aliphatic heterocycles. The van der Waals surface area contributed by atoms with Gasteiger partial charge in [-0.1, -0.05) is 25.9 Å². The van der Waals surface area contributed by atoms with Crippen LogP contribution in [0, 0.1) is 5.92 Å². The van der Waals surface area contributed by atoms with Gasteiger partial charge in [-0.15, -0.1) is 0 Å². The van der Waals surface area contributed by atoms with Crippen LogP contribution < -0.4 is 5.32 Å². The van der Waals surface area contributed by atoms with Crippen molar-refractivity contribution in [2.75, 3.05) is 19.8 Å². The molecule has 1 atom stereocenters. The molecule has 0 aliphatic carbocycles. The average molecular weight is 305 g/mol. The Hall–Kier alpha value is -1.08. The molecule has 122 valence electrons. The van der Waals surface area contributed by atoms with Crippen molar-refractivity contribution in [1.29, 1.82) is 0 Å². The number of hydrogen-bond donors (Lipinski definition) is 1. The highest BCUT2D eigenvalue weighted by Gasteiger charge is 2.15. The van der Waals surface area contributed by atoms with E-state index >= 15 is 0 Å². The van der Waals surface area contributed by atoms with E-state index in [1.807, 2.05) is 0 Å². The van der Waals surface area contributed by atoms with Crippen LogP contribution in [0.5, 0.6) is 0 Å². The van der Waals surface area contributed by atoms with Gasteiger partial charge in [0.15, 0.2) is 5.82 Å². The van der Waals surface area contributed by atoms with Crippen molar-refractivity contribution in [1.82, 2.24) is 15.5 Å². The highest BCUT2D eigenvalue weighted by molar-refractivity contribution is 4.90. The molecular formula is C14H25F2N3O2. The summed E-state index contributed by atoms with van der Waals surface area (Å²) in [4.78, 5) is 4.27. The molecule has 1 rings (SSSR count). The van der Waals surface area contributed by atoms with Crippen LogP contribution in [0.15, 0.2) is 4.52 Å². The molecule has 5 nitrogen and oxygen atoms in total. The number of halogens is 2. The zero-order chi connectivity index (χ0) is 15.7. The van der Waals surface area contributed by atoms with Crippen LogP contribution in [-0.2, 0) is 17.6 Å². The van der Waals surface area contributed by atoms with Crippen LogP contribution in [0.25, 0.3) is 0 Å². The molecule has 0 radical (unpaired) electrons. The number of rotatable bonds is 11. The first-order valence-corrected chi connectivity index (χ1v) is 7.42. The molecule has 1 heterocycles. The van der Waals surface area contributed by atoms with Crippen molar-refractivity contribution in [2.24, 2.45) is 5.92 Å². The summed E-state index contributed by atoms with van der Waals surface area (Å²) in [7, 11) is 0. The normalized spacial score (nSPS) is 13.3. The molecule has 1 aromatic heterocycles. The summed E-state index contributed by atoms with van der Waals surface area (Å²) in [6, 6.07) is 0.304. The highest BCUT2D eigenvalue weighted by atomic mass is 19.3. The quantitative estimate of drug-likeness (QED) is 0.636. The summed E-state index contributed by atoms with van der Waals surface area (Å²) < 4.78 is 33.8. The van der Waals surface area contributed by atoms with Gasteiger partial charge in [0.2, 0.25) is 5.89 Å². The van der Waals surface area contributed by atoms with Gasteiger partial charge in [0.1, 0.15) is 6.61 Å². The van der Waals surface area contributed by atoms with Gasteiger partial charge in [-0.25, -0.2) is 8.78 Å². The van der Waals surface area contributed by atoms with Crippen molar-refractivity contribution in [2.45, 2.75) is 52.5 Å². The second kappa shape index (κ2) is 9.78. The molecule has 7 heteroatoms. The van der Waals surface area contributed by atoms with E-state index in [9.17, 15) is 8.78 Å². The first-order valence-electron chi connectivity index (χ1n) is 7.42. The highest BCUT2D eigenvalue weighted by Crippen LogP contribution is 2.10. The molecule has 0 aliphatic rings. The van der Waals surface area contributed by atoms with Gasteiger partial charge >= 0.3 is 0 Å². The van der Waals surface area contributed by atoms with E-state index in [1.165, 1.54) is 0 Å². The fourth-order valence-corrected chi connectivity index (χ4v) is 2.12. The fraction of sp³-hybridized carbons (Fsp3) is 0.857. The number of ether oxygens (including phenoxy) is 1. The maximum Gasteiger partial charge on any atom is 0.261 e. The molecule has 21 heavy (non-hydrogen) atoms. The molecule has 0 saturated heterocycles. The predicted octanol–water partition coefficient (Wildman–Crippen LogP) is 2.46. The van der Waals surface area contributed by atoms with Crippen LogP contribution in [0.3, 0.4) is 0 Å². The topological polar surface area (TPSA) is 60.2 Å². The molecule has 1 unspecified atom stereocenters. The van der Waals surface area contributed by atoms with Gasteiger partial charge in [-0.3, -0.25) is 0 Å². The lowest BCUT2D eigenvalue weighted by molar-refractivity contribution is 0.0182. The summed E-state index contributed by atoms with van der Waals surface area (Å²) in [6.07, 6.45) is -0.352. The van der Waals surface area contributed by atoms with Crippen molar-refractivity contribution >= 4 is 0 Å². The second-order valence-electron chi connectivity index (χ2n) is 5.41. The maximum atomic E-state index is 11.9. The van der Waals surface area contributed by atoms with Gasteiger partial charge in [0.25, 0.3) is 6.43 Å². The Balaban J connectivity index is 2.38. The van der Waals surface area contributed by atoms with E-state index < -0.39 is 13.0 Å². The molecule has 0 aromatic carbocycles. The van der Waals surface area contributed by atoms with Gasteiger partial charge in [0.05, 0.1) is 6.61 Å². The van der Waals surface area contributed by atoms with E-state index in [0.717, 1.165) is 13.0 Å². The largest absolute Gasteiger partial charge is 0.375 e. The molecule has 1 aromatic rings. The minimum absolute atomic E-state index is 0.173. The monoisotopic (exact) mass is 305 g/mol. The number of alkyl halides is 2. The number of likely N-dealkylation sites (N-methyl/N-ethyl adjacent to an activating group) is 1. The SMILES string of the molecule is CCNC(Cc1nc(CCOCC(F)F)no1)CC(C)C. The fourth-order valence-electron chi connectivity index (χ4n) is 2.12. The van der Waals surface area contributed by atoms with Crippen LogP contribution in [0.1, 0.15) is 38.9 Å². The summed E-state index contributed by atoms with van der Waals surface area (Å²) >= 11 is 0. The summed E-state index contributed by atoms with van der Waals surface area (Å²) in [5.41, 5.74) is 0. The summed E-state index contributed by atoms with van der Waals surface area (Å²) in [5, 5.41) is 7.24. The Morgan fingerprint density at radius 2 is 2.10 bits per heavy atom. The number of hydrogen-bond acceptors (Lipinski definition) is 5. The van der Waals surface area contributed by atoms with Crippen molar-refractivity contribution in [3.63, 3.8) is 0 Å². The van der Waals surface area contributed by atoms with E-state index in [0.29, 0.717) is 36.5 Å². The maximum absolute atomic E-state index is 11.9. The van der Waals surface area contributed by atoms with Gasteiger partial charge in [0, 0.05) is 18.9 Å². The smallest absolute Gasteiger partial charge is 0.261 e.